The third-order valence-electron chi connectivity index (χ3n) is 2.66. The Morgan fingerprint density at radius 3 is 3.06 bits per heavy atom. The van der Waals surface area contributed by atoms with E-state index >= 15 is 0 Å². The van der Waals surface area contributed by atoms with Gasteiger partial charge in [-0.3, -0.25) is 4.68 Å². The van der Waals surface area contributed by atoms with Crippen molar-refractivity contribution in [2.75, 3.05) is 13.2 Å². The average molecular weight is 225 g/mol. The van der Waals surface area contributed by atoms with Crippen molar-refractivity contribution in [3.05, 3.63) is 12.2 Å². The van der Waals surface area contributed by atoms with Gasteiger partial charge < -0.3 is 15.7 Å². The van der Waals surface area contributed by atoms with Crippen molar-refractivity contribution in [3.63, 3.8) is 0 Å². The van der Waals surface area contributed by atoms with Crippen LogP contribution in [0.15, 0.2) is 11.5 Å². The van der Waals surface area contributed by atoms with E-state index in [0.717, 1.165) is 32.6 Å². The van der Waals surface area contributed by atoms with Crippen molar-refractivity contribution >= 4 is 5.84 Å². The molecule has 1 saturated heterocycles. The van der Waals surface area contributed by atoms with Crippen LogP contribution in [0, 0.1) is 5.92 Å². The summed E-state index contributed by atoms with van der Waals surface area (Å²) in [6.07, 6.45) is 3.68. The Morgan fingerprint density at radius 1 is 1.62 bits per heavy atom. The molecule has 7 nitrogen and oxygen atoms in total. The molecule has 0 aromatic carbocycles. The molecule has 1 aliphatic heterocycles. The number of nitrogens with zero attached hydrogens (tertiary/aromatic N) is 4. The summed E-state index contributed by atoms with van der Waals surface area (Å²) in [6.45, 7) is 2.42. The summed E-state index contributed by atoms with van der Waals surface area (Å²) in [6, 6.07) is 0. The normalized spacial score (nSPS) is 18.9. The van der Waals surface area contributed by atoms with Gasteiger partial charge in [0.25, 0.3) is 0 Å². The van der Waals surface area contributed by atoms with Gasteiger partial charge in [-0.05, 0) is 18.8 Å². The molecule has 0 spiro atoms. The van der Waals surface area contributed by atoms with Gasteiger partial charge in [-0.1, -0.05) is 5.16 Å². The van der Waals surface area contributed by atoms with Gasteiger partial charge in [0, 0.05) is 19.8 Å². The van der Waals surface area contributed by atoms with Crippen molar-refractivity contribution in [1.29, 1.82) is 0 Å². The monoisotopic (exact) mass is 225 g/mol. The molecular formula is C9H15N5O2. The van der Waals surface area contributed by atoms with Gasteiger partial charge in [-0.2, -0.15) is 0 Å². The lowest BCUT2D eigenvalue weighted by molar-refractivity contribution is 0.0601. The van der Waals surface area contributed by atoms with E-state index in [2.05, 4.69) is 15.2 Å². The van der Waals surface area contributed by atoms with Crippen LogP contribution >= 0.6 is 0 Å². The lowest BCUT2D eigenvalue weighted by atomic mass is 10.0. The minimum atomic E-state index is -0.0641. The number of amidine groups is 1. The van der Waals surface area contributed by atoms with E-state index in [1.54, 1.807) is 11.0 Å². The Labute approximate surface area is 92.9 Å². The molecule has 2 heterocycles. The molecular weight excluding hydrogens is 210 g/mol. The molecule has 0 bridgehead atoms. The molecule has 88 valence electrons. The zero-order chi connectivity index (χ0) is 11.4. The Bertz CT molecular complexity index is 370. The summed E-state index contributed by atoms with van der Waals surface area (Å²) in [5.41, 5.74) is 5.38. The number of nitrogens with two attached hydrogens (primary N) is 1. The summed E-state index contributed by atoms with van der Waals surface area (Å²) in [5, 5.41) is 15.5. The smallest absolute Gasteiger partial charge is 0.219 e. The van der Waals surface area contributed by atoms with Crippen LogP contribution in [0.4, 0.5) is 0 Å². The molecule has 0 unspecified atom stereocenters. The second-order valence-electron chi connectivity index (χ2n) is 3.83. The Balaban J connectivity index is 1.96. The van der Waals surface area contributed by atoms with Gasteiger partial charge >= 0.3 is 0 Å². The van der Waals surface area contributed by atoms with Crippen LogP contribution in [0.25, 0.3) is 0 Å². The molecule has 0 radical (unpaired) electrons. The molecule has 0 saturated carbocycles. The molecule has 7 heteroatoms. The molecule has 3 N–H and O–H groups in total. The maximum Gasteiger partial charge on any atom is 0.219 e. The standard InChI is InChI=1S/C9H15N5O2/c10-8(13-15)9-11-6-14(12-9)5-7-1-3-16-4-2-7/h6-7,15H,1-5H2,(H2,10,13). The molecule has 1 aromatic rings. The van der Waals surface area contributed by atoms with Crippen LogP contribution in [-0.2, 0) is 11.3 Å². The SMILES string of the molecule is NC(=NO)c1ncn(CC2CCOCC2)n1. The lowest BCUT2D eigenvalue weighted by Gasteiger charge is -2.21. The molecule has 16 heavy (non-hydrogen) atoms. The fourth-order valence-electron chi connectivity index (χ4n) is 1.74. The van der Waals surface area contributed by atoms with Gasteiger partial charge in [0.15, 0.2) is 0 Å². The summed E-state index contributed by atoms with van der Waals surface area (Å²) < 4.78 is 7.01. The van der Waals surface area contributed by atoms with Crippen LogP contribution < -0.4 is 5.73 Å². The third-order valence-corrected chi connectivity index (χ3v) is 2.66. The second-order valence-corrected chi connectivity index (χ2v) is 3.83. The molecule has 2 rings (SSSR count). The fourth-order valence-corrected chi connectivity index (χ4v) is 1.74. The number of hydrogen-bond acceptors (Lipinski definition) is 5. The Morgan fingerprint density at radius 2 is 2.38 bits per heavy atom. The van der Waals surface area contributed by atoms with E-state index in [1.165, 1.54) is 0 Å². The molecule has 1 aromatic heterocycles. The molecule has 0 aliphatic carbocycles. The van der Waals surface area contributed by atoms with Gasteiger partial charge in [0.2, 0.25) is 11.7 Å². The van der Waals surface area contributed by atoms with Crippen LogP contribution in [0.3, 0.4) is 0 Å². The van der Waals surface area contributed by atoms with Crippen LogP contribution in [-0.4, -0.2) is 39.0 Å². The predicted molar refractivity (Wildman–Crippen MR) is 56.1 cm³/mol. The number of rotatable bonds is 3. The number of ether oxygens (including phenoxy) is 1. The highest BCUT2D eigenvalue weighted by molar-refractivity contribution is 5.93. The molecule has 1 aliphatic rings. The number of aromatic nitrogens is 3. The highest BCUT2D eigenvalue weighted by atomic mass is 16.5. The van der Waals surface area contributed by atoms with E-state index < -0.39 is 0 Å². The van der Waals surface area contributed by atoms with E-state index in [1.807, 2.05) is 0 Å². The van der Waals surface area contributed by atoms with Gasteiger partial charge in [-0.25, -0.2) is 4.98 Å². The summed E-state index contributed by atoms with van der Waals surface area (Å²) in [4.78, 5) is 3.96. The van der Waals surface area contributed by atoms with Crippen molar-refractivity contribution in [2.45, 2.75) is 19.4 Å². The van der Waals surface area contributed by atoms with E-state index in [4.69, 9.17) is 15.7 Å². The van der Waals surface area contributed by atoms with Crippen molar-refractivity contribution in [3.8, 4) is 0 Å². The highest BCUT2D eigenvalue weighted by Gasteiger charge is 2.15. The molecule has 0 atom stereocenters. The van der Waals surface area contributed by atoms with Crippen molar-refractivity contribution in [1.82, 2.24) is 14.8 Å². The fraction of sp³-hybridized carbons (Fsp3) is 0.667. The minimum absolute atomic E-state index is 0.0641. The van der Waals surface area contributed by atoms with E-state index in [0.29, 0.717) is 5.92 Å². The summed E-state index contributed by atoms with van der Waals surface area (Å²) in [7, 11) is 0. The first-order chi connectivity index (χ1) is 7.79. The quantitative estimate of drug-likeness (QED) is 0.321. The zero-order valence-electron chi connectivity index (χ0n) is 8.91. The Kier molecular flexibility index (Phi) is 3.35. The Hall–Kier alpha value is -1.63. The largest absolute Gasteiger partial charge is 0.409 e. The number of hydrogen-bond donors (Lipinski definition) is 2. The minimum Gasteiger partial charge on any atom is -0.409 e. The first kappa shape index (κ1) is 10.9. The first-order valence-corrected chi connectivity index (χ1v) is 5.24. The van der Waals surface area contributed by atoms with Crippen LogP contribution in [0.2, 0.25) is 0 Å². The summed E-state index contributed by atoms with van der Waals surface area (Å²) in [5.74, 6) is 0.760. The van der Waals surface area contributed by atoms with Gasteiger partial charge in [0.1, 0.15) is 6.33 Å². The average Bonchev–Trinajstić information content (AvgIpc) is 2.78. The van der Waals surface area contributed by atoms with E-state index in [-0.39, 0.29) is 11.7 Å². The van der Waals surface area contributed by atoms with Gasteiger partial charge in [0.05, 0.1) is 0 Å². The third kappa shape index (κ3) is 2.48. The first-order valence-electron chi connectivity index (χ1n) is 5.24. The predicted octanol–water partition coefficient (Wildman–Crippen LogP) is -0.201. The van der Waals surface area contributed by atoms with Crippen LogP contribution in [0.5, 0.6) is 0 Å². The van der Waals surface area contributed by atoms with E-state index in [9.17, 15) is 0 Å². The molecule has 1 fully saturated rings. The van der Waals surface area contributed by atoms with Crippen molar-refractivity contribution in [2.24, 2.45) is 16.8 Å². The second kappa shape index (κ2) is 4.93. The summed E-state index contributed by atoms with van der Waals surface area (Å²) >= 11 is 0. The maximum atomic E-state index is 8.48. The topological polar surface area (TPSA) is 98.6 Å². The van der Waals surface area contributed by atoms with Crippen LogP contribution in [0.1, 0.15) is 18.7 Å². The highest BCUT2D eigenvalue weighted by Crippen LogP contribution is 2.16. The molecule has 0 amide bonds. The van der Waals surface area contributed by atoms with Crippen molar-refractivity contribution < 1.29 is 9.94 Å². The van der Waals surface area contributed by atoms with Gasteiger partial charge in [-0.15, -0.1) is 5.10 Å². The lowest BCUT2D eigenvalue weighted by Crippen LogP contribution is -2.21. The zero-order valence-corrected chi connectivity index (χ0v) is 8.91. The maximum absolute atomic E-state index is 8.48. The number of oxime groups is 1.